The summed E-state index contributed by atoms with van der Waals surface area (Å²) in [5, 5.41) is 13.2. The summed E-state index contributed by atoms with van der Waals surface area (Å²) in [6.07, 6.45) is 0. The first-order valence-electron chi connectivity index (χ1n) is 8.85. The summed E-state index contributed by atoms with van der Waals surface area (Å²) < 4.78 is 33.3. The molecule has 2 heterocycles. The van der Waals surface area contributed by atoms with Gasteiger partial charge in [-0.1, -0.05) is 47.6 Å². The number of rotatable bonds is 4. The monoisotopic (exact) mass is 394 g/mol. The largest absolute Gasteiger partial charge is 0.339 e. The molecule has 4 rings (SSSR count). The standard InChI is InChI=1S/C20H18N4O3S/c1-14-22-20(27-23-14)18-13-24(12-17(18)15-7-3-2-4-8-15)28(25,26)19-10-6-5-9-16(19)11-21/h2-10,17-18H,12-13H2,1H3. The lowest BCUT2D eigenvalue weighted by Gasteiger charge is -2.17. The minimum atomic E-state index is -3.84. The number of hydrogen-bond acceptors (Lipinski definition) is 6. The molecule has 0 saturated carbocycles. The molecule has 1 saturated heterocycles. The predicted octanol–water partition coefficient (Wildman–Crippen LogP) is 2.82. The highest BCUT2D eigenvalue weighted by molar-refractivity contribution is 7.89. The van der Waals surface area contributed by atoms with Crippen molar-refractivity contribution in [3.8, 4) is 6.07 Å². The van der Waals surface area contributed by atoms with E-state index in [9.17, 15) is 13.7 Å². The Morgan fingerprint density at radius 1 is 1.07 bits per heavy atom. The molecule has 8 heteroatoms. The van der Waals surface area contributed by atoms with Crippen LogP contribution in [0.25, 0.3) is 0 Å². The van der Waals surface area contributed by atoms with Crippen molar-refractivity contribution in [1.82, 2.24) is 14.4 Å². The molecule has 1 fully saturated rings. The van der Waals surface area contributed by atoms with Gasteiger partial charge in [-0.05, 0) is 24.6 Å². The second-order valence-corrected chi connectivity index (χ2v) is 8.64. The number of sulfonamides is 1. The Morgan fingerprint density at radius 3 is 2.43 bits per heavy atom. The van der Waals surface area contributed by atoms with Crippen molar-refractivity contribution in [2.24, 2.45) is 0 Å². The van der Waals surface area contributed by atoms with Crippen molar-refractivity contribution >= 4 is 10.0 Å². The quantitative estimate of drug-likeness (QED) is 0.674. The van der Waals surface area contributed by atoms with Crippen LogP contribution >= 0.6 is 0 Å². The van der Waals surface area contributed by atoms with Gasteiger partial charge >= 0.3 is 0 Å². The number of nitrogens with zero attached hydrogens (tertiary/aromatic N) is 4. The van der Waals surface area contributed by atoms with Gasteiger partial charge in [0.15, 0.2) is 5.82 Å². The fraction of sp³-hybridized carbons (Fsp3) is 0.250. The lowest BCUT2D eigenvalue weighted by atomic mass is 9.89. The van der Waals surface area contributed by atoms with E-state index in [-0.39, 0.29) is 35.4 Å². The Labute approximate surface area is 163 Å². The molecule has 0 spiro atoms. The predicted molar refractivity (Wildman–Crippen MR) is 101 cm³/mol. The summed E-state index contributed by atoms with van der Waals surface area (Å²) in [6.45, 7) is 2.22. The zero-order valence-electron chi connectivity index (χ0n) is 15.2. The van der Waals surface area contributed by atoms with Crippen LogP contribution in [0.1, 0.15) is 34.7 Å². The molecule has 0 N–H and O–H groups in total. The van der Waals surface area contributed by atoms with Crippen LogP contribution in [0.5, 0.6) is 0 Å². The topological polar surface area (TPSA) is 100 Å². The highest BCUT2D eigenvalue weighted by atomic mass is 32.2. The van der Waals surface area contributed by atoms with Gasteiger partial charge in [-0.3, -0.25) is 0 Å². The van der Waals surface area contributed by atoms with Gasteiger partial charge in [0.25, 0.3) is 0 Å². The molecule has 0 aliphatic carbocycles. The number of benzene rings is 2. The van der Waals surface area contributed by atoms with E-state index in [2.05, 4.69) is 10.1 Å². The molecule has 2 unspecified atom stereocenters. The third-order valence-corrected chi connectivity index (χ3v) is 6.89. The second kappa shape index (κ2) is 7.19. The van der Waals surface area contributed by atoms with Crippen LogP contribution in [0, 0.1) is 18.3 Å². The van der Waals surface area contributed by atoms with E-state index in [1.165, 1.54) is 16.4 Å². The van der Waals surface area contributed by atoms with Gasteiger partial charge < -0.3 is 4.52 Å². The van der Waals surface area contributed by atoms with E-state index in [0.717, 1.165) is 5.56 Å². The maximum Gasteiger partial charge on any atom is 0.244 e. The van der Waals surface area contributed by atoms with Crippen LogP contribution in [-0.4, -0.2) is 36.0 Å². The number of aromatic nitrogens is 2. The Kier molecular flexibility index (Phi) is 4.71. The van der Waals surface area contributed by atoms with Crippen molar-refractivity contribution < 1.29 is 12.9 Å². The molecule has 3 aromatic rings. The number of nitriles is 1. The van der Waals surface area contributed by atoms with Crippen LogP contribution < -0.4 is 0 Å². The normalized spacial score (nSPS) is 20.1. The van der Waals surface area contributed by atoms with Crippen molar-refractivity contribution in [1.29, 1.82) is 5.26 Å². The summed E-state index contributed by atoms with van der Waals surface area (Å²) in [6, 6.07) is 17.9. The van der Waals surface area contributed by atoms with Crippen LogP contribution in [0.2, 0.25) is 0 Å². The maximum atomic E-state index is 13.3. The van der Waals surface area contributed by atoms with Gasteiger partial charge in [-0.2, -0.15) is 14.6 Å². The third-order valence-electron chi connectivity index (χ3n) is 5.00. The number of aryl methyl sites for hydroxylation is 1. The smallest absolute Gasteiger partial charge is 0.244 e. The van der Waals surface area contributed by atoms with Gasteiger partial charge in [0.2, 0.25) is 15.9 Å². The second-order valence-electron chi connectivity index (χ2n) is 6.73. The van der Waals surface area contributed by atoms with Gasteiger partial charge in [0.05, 0.1) is 16.4 Å². The minimum absolute atomic E-state index is 0.0201. The summed E-state index contributed by atoms with van der Waals surface area (Å²) in [5.41, 5.74) is 1.14. The Bertz CT molecular complexity index is 1140. The molecule has 0 bridgehead atoms. The molecule has 1 aliphatic rings. The maximum absolute atomic E-state index is 13.3. The highest BCUT2D eigenvalue weighted by Gasteiger charge is 2.43. The van der Waals surface area contributed by atoms with Crippen LogP contribution in [0.4, 0.5) is 0 Å². The zero-order valence-corrected chi connectivity index (χ0v) is 16.0. The first-order chi connectivity index (χ1) is 13.5. The first kappa shape index (κ1) is 18.3. The Balaban J connectivity index is 1.75. The van der Waals surface area contributed by atoms with Gasteiger partial charge in [0.1, 0.15) is 6.07 Å². The first-order valence-corrected chi connectivity index (χ1v) is 10.3. The average Bonchev–Trinajstić information content (AvgIpc) is 3.35. The molecule has 2 aromatic carbocycles. The molecular weight excluding hydrogens is 376 g/mol. The fourth-order valence-corrected chi connectivity index (χ4v) is 5.27. The van der Waals surface area contributed by atoms with Crippen LogP contribution in [-0.2, 0) is 10.0 Å². The van der Waals surface area contributed by atoms with Crippen LogP contribution in [0.15, 0.2) is 64.0 Å². The molecule has 1 aromatic heterocycles. The summed E-state index contributed by atoms with van der Waals surface area (Å²) in [4.78, 5) is 4.36. The summed E-state index contributed by atoms with van der Waals surface area (Å²) >= 11 is 0. The lowest BCUT2D eigenvalue weighted by molar-refractivity contribution is 0.345. The van der Waals surface area contributed by atoms with Crippen LogP contribution in [0.3, 0.4) is 0 Å². The van der Waals surface area contributed by atoms with E-state index in [0.29, 0.717) is 11.7 Å². The van der Waals surface area contributed by atoms with E-state index in [4.69, 9.17) is 4.52 Å². The summed E-state index contributed by atoms with van der Waals surface area (Å²) in [7, 11) is -3.84. The van der Waals surface area contributed by atoms with E-state index < -0.39 is 10.0 Å². The van der Waals surface area contributed by atoms with Gasteiger partial charge in [-0.15, -0.1) is 0 Å². The molecule has 7 nitrogen and oxygen atoms in total. The minimum Gasteiger partial charge on any atom is -0.339 e. The Morgan fingerprint density at radius 2 is 1.75 bits per heavy atom. The molecule has 0 amide bonds. The van der Waals surface area contributed by atoms with Gasteiger partial charge in [0, 0.05) is 19.0 Å². The SMILES string of the molecule is Cc1noc(C2CN(S(=O)(=O)c3ccccc3C#N)CC2c2ccccc2)n1. The van der Waals surface area contributed by atoms with E-state index >= 15 is 0 Å². The van der Waals surface area contributed by atoms with E-state index in [1.807, 2.05) is 36.4 Å². The van der Waals surface area contributed by atoms with Crippen molar-refractivity contribution in [3.05, 3.63) is 77.4 Å². The highest BCUT2D eigenvalue weighted by Crippen LogP contribution is 2.41. The molecule has 28 heavy (non-hydrogen) atoms. The van der Waals surface area contributed by atoms with Crippen molar-refractivity contribution in [3.63, 3.8) is 0 Å². The van der Waals surface area contributed by atoms with Crippen molar-refractivity contribution in [2.45, 2.75) is 23.7 Å². The van der Waals surface area contributed by atoms with E-state index in [1.54, 1.807) is 19.1 Å². The molecule has 0 radical (unpaired) electrons. The average molecular weight is 394 g/mol. The van der Waals surface area contributed by atoms with Crippen molar-refractivity contribution in [2.75, 3.05) is 13.1 Å². The molecular formula is C20H18N4O3S. The molecule has 1 aliphatic heterocycles. The molecule has 2 atom stereocenters. The Hall–Kier alpha value is -3.02. The third kappa shape index (κ3) is 3.19. The van der Waals surface area contributed by atoms with Gasteiger partial charge in [-0.25, -0.2) is 8.42 Å². The lowest BCUT2D eigenvalue weighted by Crippen LogP contribution is -2.29. The zero-order chi connectivity index (χ0) is 19.7. The number of hydrogen-bond donors (Lipinski definition) is 0. The fourth-order valence-electron chi connectivity index (χ4n) is 3.64. The summed E-state index contributed by atoms with van der Waals surface area (Å²) in [5.74, 6) is 0.563. The molecule has 142 valence electrons.